The number of ketones is 1. The van der Waals surface area contributed by atoms with Crippen LogP contribution < -0.4 is 9.47 Å². The number of aliphatic hydroxyl groups is 1. The maximum atomic E-state index is 13.3. The number of nitrogens with zero attached hydrogens (tertiary/aromatic N) is 1. The third-order valence-corrected chi connectivity index (χ3v) is 6.20. The summed E-state index contributed by atoms with van der Waals surface area (Å²) in [5.74, 6) is -0.646. The summed E-state index contributed by atoms with van der Waals surface area (Å²) in [6.07, 6.45) is 0.563. The summed E-state index contributed by atoms with van der Waals surface area (Å²) in [7, 11) is 1.60. The topological polar surface area (TPSA) is 85.3 Å². The third-order valence-electron chi connectivity index (χ3n) is 6.20. The van der Waals surface area contributed by atoms with Crippen LogP contribution in [-0.2, 0) is 19.7 Å². The van der Waals surface area contributed by atoms with Crippen molar-refractivity contribution in [3.8, 4) is 11.5 Å². The first-order valence-electron chi connectivity index (χ1n) is 12.4. The monoisotopic (exact) mass is 495 g/mol. The van der Waals surface area contributed by atoms with Gasteiger partial charge in [0.05, 0.1) is 30.4 Å². The highest BCUT2D eigenvalue weighted by Gasteiger charge is 2.46. The van der Waals surface area contributed by atoms with Gasteiger partial charge in [0.25, 0.3) is 11.7 Å². The van der Waals surface area contributed by atoms with Crippen LogP contribution in [0.3, 0.4) is 0 Å². The predicted octanol–water partition coefficient (Wildman–Crippen LogP) is 5.24. The number of Topliss-reactive ketones (excluding diaryl/α,β-unsaturated/α-hetero) is 1. The summed E-state index contributed by atoms with van der Waals surface area (Å²) in [6, 6.07) is 12.2. The Kier molecular flexibility index (Phi) is 8.79. The van der Waals surface area contributed by atoms with Crippen molar-refractivity contribution in [2.75, 3.05) is 33.5 Å². The quantitative estimate of drug-likeness (QED) is 0.210. The normalized spacial score (nSPS) is 17.5. The number of methoxy groups -OCH3 is 1. The molecule has 1 N–H and O–H groups in total. The number of aliphatic hydroxyl groups excluding tert-OH is 1. The Labute approximate surface area is 213 Å². The van der Waals surface area contributed by atoms with Crippen LogP contribution in [0.5, 0.6) is 11.5 Å². The van der Waals surface area contributed by atoms with E-state index in [0.29, 0.717) is 49.8 Å². The molecule has 0 saturated carbocycles. The second-order valence-corrected chi connectivity index (χ2v) is 9.73. The van der Waals surface area contributed by atoms with Crippen LogP contribution >= 0.6 is 0 Å². The van der Waals surface area contributed by atoms with Crippen molar-refractivity contribution in [1.82, 2.24) is 4.90 Å². The van der Waals surface area contributed by atoms with Crippen LogP contribution in [0.25, 0.3) is 5.76 Å². The number of carbonyl (C=O) groups excluding carboxylic acids is 2. The van der Waals surface area contributed by atoms with Gasteiger partial charge in [-0.05, 0) is 48.9 Å². The SMILES string of the molecule is CCOc1ccc(/C(O)=C2/C(=O)C(=O)N(CCCOC)C2c2ccc(C(C)(C)C)cc2)c(OCC)c1. The Balaban J connectivity index is 2.16. The number of rotatable bonds is 10. The van der Waals surface area contributed by atoms with Gasteiger partial charge in [0.15, 0.2) is 0 Å². The van der Waals surface area contributed by atoms with E-state index in [0.717, 1.165) is 11.1 Å². The molecule has 2 aromatic carbocycles. The fourth-order valence-corrected chi connectivity index (χ4v) is 4.38. The lowest BCUT2D eigenvalue weighted by Gasteiger charge is -2.26. The summed E-state index contributed by atoms with van der Waals surface area (Å²) in [4.78, 5) is 28.0. The van der Waals surface area contributed by atoms with E-state index in [1.54, 1.807) is 25.3 Å². The standard InChI is InChI=1S/C29H37NO6/c1-7-35-21-14-15-22(23(18-21)36-8-2)26(31)24-25(19-10-12-20(13-11-19)29(3,4)5)30(16-9-17-34-6)28(33)27(24)32/h10-15,18,25,31H,7-9,16-17H2,1-6H3/b26-24-. The van der Waals surface area contributed by atoms with Gasteiger partial charge in [-0.3, -0.25) is 9.59 Å². The largest absolute Gasteiger partial charge is 0.507 e. The first-order chi connectivity index (χ1) is 17.1. The van der Waals surface area contributed by atoms with Crippen LogP contribution in [0.2, 0.25) is 0 Å². The minimum Gasteiger partial charge on any atom is -0.507 e. The summed E-state index contributed by atoms with van der Waals surface area (Å²) in [5.41, 5.74) is 2.23. The second kappa shape index (κ2) is 11.6. The number of hydrogen-bond donors (Lipinski definition) is 1. The summed E-state index contributed by atoms with van der Waals surface area (Å²) in [5, 5.41) is 11.5. The van der Waals surface area contributed by atoms with Gasteiger partial charge >= 0.3 is 0 Å². The molecule has 3 rings (SSSR count). The van der Waals surface area contributed by atoms with E-state index >= 15 is 0 Å². The maximum Gasteiger partial charge on any atom is 0.295 e. The van der Waals surface area contributed by atoms with E-state index in [1.165, 1.54) is 4.90 Å². The van der Waals surface area contributed by atoms with Crippen LogP contribution in [0.1, 0.15) is 63.8 Å². The fourth-order valence-electron chi connectivity index (χ4n) is 4.38. The first-order valence-corrected chi connectivity index (χ1v) is 12.4. The molecule has 0 aromatic heterocycles. The van der Waals surface area contributed by atoms with Gasteiger partial charge in [0.2, 0.25) is 0 Å². The van der Waals surface area contributed by atoms with E-state index in [9.17, 15) is 14.7 Å². The third kappa shape index (κ3) is 5.73. The highest BCUT2D eigenvalue weighted by Crippen LogP contribution is 2.42. The molecule has 0 radical (unpaired) electrons. The number of benzene rings is 2. The Bertz CT molecular complexity index is 1110. The molecule has 7 nitrogen and oxygen atoms in total. The first kappa shape index (κ1) is 27.3. The molecule has 194 valence electrons. The van der Waals surface area contributed by atoms with Crippen LogP contribution in [0, 0.1) is 0 Å². The van der Waals surface area contributed by atoms with Crippen molar-refractivity contribution < 1.29 is 28.9 Å². The smallest absolute Gasteiger partial charge is 0.295 e. The van der Waals surface area contributed by atoms with Gasteiger partial charge in [-0.2, -0.15) is 0 Å². The number of carbonyl (C=O) groups is 2. The summed E-state index contributed by atoms with van der Waals surface area (Å²) < 4.78 is 16.5. The number of likely N-dealkylation sites (tertiary alicyclic amines) is 1. The lowest BCUT2D eigenvalue weighted by molar-refractivity contribution is -0.140. The van der Waals surface area contributed by atoms with E-state index in [1.807, 2.05) is 38.1 Å². The Morgan fingerprint density at radius 2 is 1.67 bits per heavy atom. The lowest BCUT2D eigenvalue weighted by Crippen LogP contribution is -2.31. The fraction of sp³-hybridized carbons (Fsp3) is 0.448. The van der Waals surface area contributed by atoms with Crippen molar-refractivity contribution >= 4 is 17.4 Å². The molecular weight excluding hydrogens is 458 g/mol. The zero-order valence-corrected chi connectivity index (χ0v) is 22.1. The molecule has 0 bridgehead atoms. The van der Waals surface area contributed by atoms with Crippen molar-refractivity contribution in [2.24, 2.45) is 0 Å². The average Bonchev–Trinajstić information content (AvgIpc) is 3.09. The molecule has 1 amide bonds. The van der Waals surface area contributed by atoms with E-state index < -0.39 is 17.7 Å². The van der Waals surface area contributed by atoms with Crippen molar-refractivity contribution in [3.05, 3.63) is 64.7 Å². The minimum absolute atomic E-state index is 0.0473. The Morgan fingerprint density at radius 1 is 1.00 bits per heavy atom. The molecule has 1 fully saturated rings. The molecule has 2 aromatic rings. The van der Waals surface area contributed by atoms with Crippen LogP contribution in [0.15, 0.2) is 48.0 Å². The molecule has 36 heavy (non-hydrogen) atoms. The molecule has 1 heterocycles. The molecule has 1 aliphatic heterocycles. The van der Waals surface area contributed by atoms with Crippen molar-refractivity contribution in [3.63, 3.8) is 0 Å². The average molecular weight is 496 g/mol. The molecule has 0 spiro atoms. The van der Waals surface area contributed by atoms with Crippen LogP contribution in [-0.4, -0.2) is 55.2 Å². The van der Waals surface area contributed by atoms with Gasteiger partial charge in [0, 0.05) is 26.3 Å². The lowest BCUT2D eigenvalue weighted by atomic mass is 9.85. The van der Waals surface area contributed by atoms with Gasteiger partial charge in [-0.1, -0.05) is 45.0 Å². The Hall–Kier alpha value is -3.32. The van der Waals surface area contributed by atoms with Gasteiger partial charge < -0.3 is 24.2 Å². The zero-order chi connectivity index (χ0) is 26.5. The number of amides is 1. The highest BCUT2D eigenvalue weighted by molar-refractivity contribution is 6.46. The molecule has 1 aliphatic rings. The van der Waals surface area contributed by atoms with Crippen molar-refractivity contribution in [1.29, 1.82) is 0 Å². The molecular formula is C29H37NO6. The molecule has 1 atom stereocenters. The Morgan fingerprint density at radius 3 is 2.25 bits per heavy atom. The summed E-state index contributed by atoms with van der Waals surface area (Å²) in [6.45, 7) is 11.7. The highest BCUT2D eigenvalue weighted by atomic mass is 16.5. The summed E-state index contributed by atoms with van der Waals surface area (Å²) >= 11 is 0. The van der Waals surface area contributed by atoms with E-state index in [2.05, 4.69) is 20.8 Å². The zero-order valence-electron chi connectivity index (χ0n) is 22.1. The second-order valence-electron chi connectivity index (χ2n) is 9.73. The molecule has 1 saturated heterocycles. The predicted molar refractivity (Wildman–Crippen MR) is 139 cm³/mol. The minimum atomic E-state index is -0.725. The van der Waals surface area contributed by atoms with Crippen LogP contribution in [0.4, 0.5) is 0 Å². The van der Waals surface area contributed by atoms with Gasteiger partial charge in [0.1, 0.15) is 17.3 Å². The van der Waals surface area contributed by atoms with Gasteiger partial charge in [-0.15, -0.1) is 0 Å². The number of hydrogen-bond acceptors (Lipinski definition) is 6. The molecule has 7 heteroatoms. The van der Waals surface area contributed by atoms with E-state index in [-0.39, 0.29) is 16.7 Å². The van der Waals surface area contributed by atoms with E-state index in [4.69, 9.17) is 14.2 Å². The maximum absolute atomic E-state index is 13.3. The molecule has 1 unspecified atom stereocenters. The van der Waals surface area contributed by atoms with Crippen molar-refractivity contribution in [2.45, 2.75) is 52.5 Å². The molecule has 0 aliphatic carbocycles. The van der Waals surface area contributed by atoms with Gasteiger partial charge in [-0.25, -0.2) is 0 Å². The number of ether oxygens (including phenoxy) is 3.